The Morgan fingerprint density at radius 2 is 2.05 bits per heavy atom. The van der Waals surface area contributed by atoms with Crippen LogP contribution in [0.15, 0.2) is 24.3 Å². The summed E-state index contributed by atoms with van der Waals surface area (Å²) >= 11 is 0. The zero-order valence-electron chi connectivity index (χ0n) is 11.9. The van der Waals surface area contributed by atoms with Gasteiger partial charge in [0.25, 0.3) is 0 Å². The fourth-order valence-corrected chi connectivity index (χ4v) is 1.84. The van der Waals surface area contributed by atoms with Gasteiger partial charge in [-0.05, 0) is 37.5 Å². The molecule has 1 aromatic rings. The van der Waals surface area contributed by atoms with Gasteiger partial charge in [-0.25, -0.2) is 0 Å². The first-order valence-electron chi connectivity index (χ1n) is 6.74. The summed E-state index contributed by atoms with van der Waals surface area (Å²) in [6, 6.07) is 6.87. The van der Waals surface area contributed by atoms with E-state index >= 15 is 0 Å². The van der Waals surface area contributed by atoms with E-state index in [0.29, 0.717) is 19.4 Å². The maximum atomic E-state index is 11.3. The second-order valence-corrected chi connectivity index (χ2v) is 5.00. The summed E-state index contributed by atoms with van der Waals surface area (Å²) in [6.07, 6.45) is 1.40. The Hall–Kier alpha value is -1.39. The third kappa shape index (κ3) is 4.33. The molecule has 1 rings (SSSR count). The Kier molecular flexibility index (Phi) is 5.51. The van der Waals surface area contributed by atoms with Gasteiger partial charge >= 0.3 is 0 Å². The van der Waals surface area contributed by atoms with Gasteiger partial charge in [0.1, 0.15) is 0 Å². The molecule has 0 aromatic heterocycles. The van der Waals surface area contributed by atoms with Gasteiger partial charge in [0, 0.05) is 12.2 Å². The van der Waals surface area contributed by atoms with E-state index in [-0.39, 0.29) is 5.78 Å². The second kappa shape index (κ2) is 6.68. The van der Waals surface area contributed by atoms with Crippen LogP contribution in [-0.2, 0) is 4.79 Å². The molecule has 0 fully saturated rings. The van der Waals surface area contributed by atoms with Crippen LogP contribution in [0.3, 0.4) is 0 Å². The number of hydrogen-bond acceptors (Lipinski definition) is 4. The van der Waals surface area contributed by atoms with Gasteiger partial charge in [0.15, 0.2) is 5.78 Å². The van der Waals surface area contributed by atoms with Crippen LogP contribution in [0.4, 0.5) is 5.69 Å². The van der Waals surface area contributed by atoms with Gasteiger partial charge in [-0.3, -0.25) is 4.79 Å². The summed E-state index contributed by atoms with van der Waals surface area (Å²) in [5.74, 6) is -0.0595. The lowest BCUT2D eigenvalue weighted by atomic mass is 9.97. The van der Waals surface area contributed by atoms with Gasteiger partial charge in [0.05, 0.1) is 11.6 Å². The maximum absolute atomic E-state index is 11.3. The van der Waals surface area contributed by atoms with Crippen LogP contribution in [0.1, 0.15) is 45.2 Å². The largest absolute Gasteiger partial charge is 0.388 e. The highest BCUT2D eigenvalue weighted by Crippen LogP contribution is 2.19. The molecule has 0 spiro atoms. The van der Waals surface area contributed by atoms with Crippen LogP contribution in [-0.4, -0.2) is 23.0 Å². The lowest BCUT2D eigenvalue weighted by molar-refractivity contribution is -0.118. The van der Waals surface area contributed by atoms with Crippen molar-refractivity contribution in [3.05, 3.63) is 29.8 Å². The van der Waals surface area contributed by atoms with Crippen LogP contribution >= 0.6 is 0 Å². The third-order valence-electron chi connectivity index (χ3n) is 3.62. The number of carbonyl (C=O) groups excluding carboxylic acids is 1. The summed E-state index contributed by atoms with van der Waals surface area (Å²) < 4.78 is 0. The van der Waals surface area contributed by atoms with Crippen molar-refractivity contribution in [3.8, 4) is 0 Å². The standard InChI is InChI=1S/C15H24N2O2/c1-4-15(19,5-2)10-17-13-8-6-7-12(9-13)14(16)11(3)18/h6-9,14,17,19H,4-5,10,16H2,1-3H3. The van der Waals surface area contributed by atoms with Crippen molar-refractivity contribution in [2.24, 2.45) is 5.73 Å². The molecule has 0 amide bonds. The molecule has 106 valence electrons. The molecule has 1 atom stereocenters. The number of benzene rings is 1. The first kappa shape index (κ1) is 15.7. The van der Waals surface area contributed by atoms with Crippen molar-refractivity contribution in [2.45, 2.75) is 45.3 Å². The number of nitrogens with one attached hydrogen (secondary N) is 1. The average Bonchev–Trinajstić information content (AvgIpc) is 2.44. The minimum atomic E-state index is -0.696. The topological polar surface area (TPSA) is 75.3 Å². The lowest BCUT2D eigenvalue weighted by Gasteiger charge is -2.26. The quantitative estimate of drug-likeness (QED) is 0.706. The third-order valence-corrected chi connectivity index (χ3v) is 3.62. The van der Waals surface area contributed by atoms with Crippen molar-refractivity contribution >= 4 is 11.5 Å². The first-order valence-corrected chi connectivity index (χ1v) is 6.74. The molecular formula is C15H24N2O2. The summed E-state index contributed by atoms with van der Waals surface area (Å²) in [6.45, 7) is 5.90. The van der Waals surface area contributed by atoms with E-state index in [1.165, 1.54) is 6.92 Å². The molecule has 1 unspecified atom stereocenters. The number of nitrogens with two attached hydrogens (primary N) is 1. The highest BCUT2D eigenvalue weighted by Gasteiger charge is 2.21. The Labute approximate surface area is 115 Å². The van der Waals surface area contributed by atoms with Gasteiger partial charge in [0.2, 0.25) is 0 Å². The van der Waals surface area contributed by atoms with Gasteiger partial charge < -0.3 is 16.2 Å². The van der Waals surface area contributed by atoms with E-state index in [1.54, 1.807) is 0 Å². The molecular weight excluding hydrogens is 240 g/mol. The van der Waals surface area contributed by atoms with Crippen LogP contribution in [0, 0.1) is 0 Å². The molecule has 4 nitrogen and oxygen atoms in total. The monoisotopic (exact) mass is 264 g/mol. The number of carbonyl (C=O) groups is 1. The molecule has 0 bridgehead atoms. The molecule has 0 aliphatic carbocycles. The Morgan fingerprint density at radius 3 is 2.58 bits per heavy atom. The van der Waals surface area contributed by atoms with Crippen molar-refractivity contribution in [2.75, 3.05) is 11.9 Å². The van der Waals surface area contributed by atoms with Crippen molar-refractivity contribution in [3.63, 3.8) is 0 Å². The van der Waals surface area contributed by atoms with Crippen LogP contribution in [0.25, 0.3) is 0 Å². The van der Waals surface area contributed by atoms with E-state index in [2.05, 4.69) is 5.32 Å². The predicted molar refractivity (Wildman–Crippen MR) is 78.1 cm³/mol. The highest BCUT2D eigenvalue weighted by atomic mass is 16.3. The zero-order chi connectivity index (χ0) is 14.5. The number of anilines is 1. The van der Waals surface area contributed by atoms with E-state index < -0.39 is 11.6 Å². The molecule has 0 radical (unpaired) electrons. The van der Waals surface area contributed by atoms with Crippen LogP contribution < -0.4 is 11.1 Å². The SMILES string of the molecule is CCC(O)(CC)CNc1cccc(C(N)C(C)=O)c1. The minimum Gasteiger partial charge on any atom is -0.388 e. The summed E-state index contributed by atoms with van der Waals surface area (Å²) in [4.78, 5) is 11.3. The Balaban J connectivity index is 2.75. The van der Waals surface area contributed by atoms with Gasteiger partial charge in [-0.1, -0.05) is 26.0 Å². The fraction of sp³-hybridized carbons (Fsp3) is 0.533. The number of Topliss-reactive ketones (excluding diaryl/α,β-unsaturated/α-hetero) is 1. The Morgan fingerprint density at radius 1 is 1.42 bits per heavy atom. The van der Waals surface area contributed by atoms with Crippen molar-refractivity contribution in [1.82, 2.24) is 0 Å². The molecule has 19 heavy (non-hydrogen) atoms. The molecule has 0 aliphatic rings. The smallest absolute Gasteiger partial charge is 0.150 e. The minimum absolute atomic E-state index is 0.0595. The van der Waals surface area contributed by atoms with Gasteiger partial charge in [-0.15, -0.1) is 0 Å². The molecule has 4 heteroatoms. The number of aliphatic hydroxyl groups is 1. The number of ketones is 1. The molecule has 0 saturated carbocycles. The summed E-state index contributed by atoms with van der Waals surface area (Å²) in [7, 11) is 0. The van der Waals surface area contributed by atoms with E-state index in [0.717, 1.165) is 11.3 Å². The molecule has 1 aromatic carbocycles. The molecule has 0 aliphatic heterocycles. The lowest BCUT2D eigenvalue weighted by Crippen LogP contribution is -2.35. The molecule has 4 N–H and O–H groups in total. The fourth-order valence-electron chi connectivity index (χ4n) is 1.84. The predicted octanol–water partition coefficient (Wildman–Crippen LogP) is 2.24. The van der Waals surface area contributed by atoms with Crippen molar-refractivity contribution in [1.29, 1.82) is 0 Å². The van der Waals surface area contributed by atoms with E-state index in [1.807, 2.05) is 38.1 Å². The Bertz CT molecular complexity index is 428. The summed E-state index contributed by atoms with van der Waals surface area (Å²) in [5, 5.41) is 13.4. The highest BCUT2D eigenvalue weighted by molar-refractivity contribution is 5.82. The summed E-state index contributed by atoms with van der Waals surface area (Å²) in [5.41, 5.74) is 6.77. The van der Waals surface area contributed by atoms with E-state index in [4.69, 9.17) is 5.73 Å². The average molecular weight is 264 g/mol. The first-order chi connectivity index (χ1) is 8.91. The normalized spacial score (nSPS) is 13.1. The second-order valence-electron chi connectivity index (χ2n) is 5.00. The zero-order valence-corrected chi connectivity index (χ0v) is 11.9. The van der Waals surface area contributed by atoms with Crippen molar-refractivity contribution < 1.29 is 9.90 Å². The number of hydrogen-bond donors (Lipinski definition) is 3. The van der Waals surface area contributed by atoms with Crippen LogP contribution in [0.2, 0.25) is 0 Å². The van der Waals surface area contributed by atoms with E-state index in [9.17, 15) is 9.90 Å². The maximum Gasteiger partial charge on any atom is 0.150 e. The molecule has 0 heterocycles. The van der Waals surface area contributed by atoms with Crippen LogP contribution in [0.5, 0.6) is 0 Å². The van der Waals surface area contributed by atoms with Gasteiger partial charge in [-0.2, -0.15) is 0 Å². The molecule has 0 saturated heterocycles. The number of rotatable bonds is 7.